The molecule has 0 aromatic heterocycles. The first-order valence-electron chi connectivity index (χ1n) is 9.52. The Morgan fingerprint density at radius 3 is 2.42 bits per heavy atom. The van der Waals surface area contributed by atoms with Crippen molar-refractivity contribution >= 4 is 35.6 Å². The minimum atomic E-state index is -0.830. The van der Waals surface area contributed by atoms with Crippen LogP contribution in [-0.2, 0) is 14.2 Å². The highest BCUT2D eigenvalue weighted by Crippen LogP contribution is 2.27. The van der Waals surface area contributed by atoms with Gasteiger partial charge in [-0.05, 0) is 26.8 Å². The molecule has 0 fully saturated rings. The zero-order valence-electron chi connectivity index (χ0n) is 19.4. The number of halogens is 1. The molecular weight excluding hydrogens is 424 g/mol. The summed E-state index contributed by atoms with van der Waals surface area (Å²) in [5.74, 6) is 0.777. The number of methoxy groups -OCH3 is 2. The third-order valence-electron chi connectivity index (χ3n) is 4.15. The minimum absolute atomic E-state index is 0.162. The molecule has 1 atom stereocenters. The predicted molar refractivity (Wildman–Crippen MR) is 120 cm³/mol. The summed E-state index contributed by atoms with van der Waals surface area (Å²) in [7, 11) is 7.68. The second-order valence-corrected chi connectivity index (χ2v) is 8.18. The van der Waals surface area contributed by atoms with Gasteiger partial charge in [0, 0.05) is 32.4 Å². The summed E-state index contributed by atoms with van der Waals surface area (Å²) >= 11 is 6.03. The number of carbonyl (C=O) groups excluding carboxylic acids is 2. The van der Waals surface area contributed by atoms with Crippen molar-refractivity contribution in [2.45, 2.75) is 38.9 Å². The van der Waals surface area contributed by atoms with E-state index in [-0.39, 0.29) is 17.7 Å². The molecule has 9 nitrogen and oxygen atoms in total. The molecule has 0 heterocycles. The lowest BCUT2D eigenvalue weighted by atomic mass is 10.1. The van der Waals surface area contributed by atoms with E-state index in [2.05, 4.69) is 11.7 Å². The number of nitrogens with zero attached hydrogens (tertiary/aromatic N) is 4. The molecule has 0 bridgehead atoms. The van der Waals surface area contributed by atoms with E-state index < -0.39 is 17.7 Å². The lowest BCUT2D eigenvalue weighted by Gasteiger charge is -2.30. The molecule has 0 radical (unpaired) electrons. The number of rotatable bonds is 6. The van der Waals surface area contributed by atoms with Gasteiger partial charge in [0.05, 0.1) is 40.1 Å². The predicted octanol–water partition coefficient (Wildman–Crippen LogP) is 3.56. The zero-order chi connectivity index (χ0) is 23.9. The van der Waals surface area contributed by atoms with Gasteiger partial charge in [0.2, 0.25) is 0 Å². The lowest BCUT2D eigenvalue weighted by molar-refractivity contribution is -0.450. The molecule has 31 heavy (non-hydrogen) atoms. The molecule has 1 aliphatic carbocycles. The number of ether oxygens (including phenoxy) is 3. The van der Waals surface area contributed by atoms with E-state index >= 15 is 0 Å². The number of aliphatic imine (C=N–C) groups is 1. The van der Waals surface area contributed by atoms with Crippen LogP contribution in [0.15, 0.2) is 40.5 Å². The molecule has 1 aliphatic rings. The molecule has 0 saturated carbocycles. The summed E-state index contributed by atoms with van der Waals surface area (Å²) < 4.78 is 17.7. The van der Waals surface area contributed by atoms with E-state index in [1.54, 1.807) is 40.0 Å². The van der Waals surface area contributed by atoms with Crippen LogP contribution in [0, 0.1) is 0 Å². The number of amides is 3. The van der Waals surface area contributed by atoms with Gasteiger partial charge in [0.15, 0.2) is 0 Å². The van der Waals surface area contributed by atoms with E-state index in [9.17, 15) is 9.59 Å². The Morgan fingerprint density at radius 2 is 1.97 bits per heavy atom. The molecule has 0 aromatic rings. The molecule has 1 rings (SSSR count). The third kappa shape index (κ3) is 7.52. The molecule has 10 heteroatoms. The van der Waals surface area contributed by atoms with Gasteiger partial charge in [-0.1, -0.05) is 11.6 Å². The molecule has 0 aromatic carbocycles. The van der Waals surface area contributed by atoms with Crippen molar-refractivity contribution in [2.24, 2.45) is 4.99 Å². The Kier molecular flexibility index (Phi) is 9.45. The molecule has 0 saturated heterocycles. The summed E-state index contributed by atoms with van der Waals surface area (Å²) in [6, 6.07) is -0.671. The summed E-state index contributed by atoms with van der Waals surface area (Å²) in [4.78, 5) is 32.6. The van der Waals surface area contributed by atoms with Gasteiger partial charge in [-0.2, -0.15) is 9.80 Å². The number of hydrogen-bond acceptors (Lipinski definition) is 6. The fraction of sp³-hybridized carbons (Fsp3) is 0.524. The topological polar surface area (TPSA) is 83.7 Å². The number of urea groups is 1. The quantitative estimate of drug-likeness (QED) is 0.451. The van der Waals surface area contributed by atoms with Crippen LogP contribution in [0.3, 0.4) is 0 Å². The van der Waals surface area contributed by atoms with Crippen LogP contribution in [0.5, 0.6) is 0 Å². The summed E-state index contributed by atoms with van der Waals surface area (Å²) in [5.41, 5.74) is -0.456. The first kappa shape index (κ1) is 26.4. The average Bonchev–Trinajstić information content (AvgIpc) is 2.69. The standard InChI is InChI=1S/C21H32ClN4O5/c1-21(2,3)31-20(28)26(14-10-15(29-8)12-16(11-14)30-9)19(27)25(7)18(24(5)6)13-17(22)23-4/h10,12-13,16H,5,11H2,1-4,6-9H3/q+1. The first-order chi connectivity index (χ1) is 14.3. The van der Waals surface area contributed by atoms with E-state index in [1.165, 1.54) is 43.9 Å². The van der Waals surface area contributed by atoms with Crippen molar-refractivity contribution in [2.75, 3.05) is 35.4 Å². The Balaban J connectivity index is 3.50. The monoisotopic (exact) mass is 455 g/mol. The number of imide groups is 1. The van der Waals surface area contributed by atoms with Crippen LogP contribution >= 0.6 is 11.6 Å². The van der Waals surface area contributed by atoms with Crippen molar-refractivity contribution < 1.29 is 28.4 Å². The highest BCUT2D eigenvalue weighted by molar-refractivity contribution is 6.68. The molecule has 1 unspecified atom stereocenters. The Morgan fingerprint density at radius 1 is 1.35 bits per heavy atom. The molecular formula is C21H32ClN4O5+. The maximum atomic E-state index is 13.5. The van der Waals surface area contributed by atoms with Gasteiger partial charge in [-0.3, -0.25) is 4.99 Å². The van der Waals surface area contributed by atoms with Crippen LogP contribution in [-0.4, -0.2) is 85.5 Å². The molecule has 0 spiro atoms. The van der Waals surface area contributed by atoms with Gasteiger partial charge in [-0.25, -0.2) is 14.2 Å². The van der Waals surface area contributed by atoms with Crippen LogP contribution in [0.1, 0.15) is 27.2 Å². The maximum absolute atomic E-state index is 13.5. The van der Waals surface area contributed by atoms with Gasteiger partial charge in [0.25, 0.3) is 5.82 Å². The summed E-state index contributed by atoms with van der Waals surface area (Å²) in [6.45, 7) is 8.97. The van der Waals surface area contributed by atoms with Gasteiger partial charge in [-0.15, -0.1) is 0 Å². The number of allylic oxidation sites excluding steroid dienone is 2. The lowest BCUT2D eigenvalue weighted by Crippen LogP contribution is -2.47. The van der Waals surface area contributed by atoms with E-state index in [4.69, 9.17) is 25.8 Å². The minimum Gasteiger partial charge on any atom is -0.497 e. The number of hydrogen-bond donors (Lipinski definition) is 0. The van der Waals surface area contributed by atoms with Crippen molar-refractivity contribution in [3.63, 3.8) is 0 Å². The number of carbonyl (C=O) groups is 2. The van der Waals surface area contributed by atoms with E-state index in [0.717, 1.165) is 4.90 Å². The summed E-state index contributed by atoms with van der Waals surface area (Å²) in [5, 5.41) is 0.162. The second kappa shape index (κ2) is 11.1. The van der Waals surface area contributed by atoms with Crippen LogP contribution < -0.4 is 0 Å². The Labute approximate surface area is 188 Å². The zero-order valence-corrected chi connectivity index (χ0v) is 20.2. The van der Waals surface area contributed by atoms with Crippen molar-refractivity contribution in [3.8, 4) is 0 Å². The second-order valence-electron chi connectivity index (χ2n) is 7.79. The highest BCUT2D eigenvalue weighted by Gasteiger charge is 2.39. The highest BCUT2D eigenvalue weighted by atomic mass is 35.5. The molecule has 0 aliphatic heterocycles. The van der Waals surface area contributed by atoms with Gasteiger partial charge < -0.3 is 14.2 Å². The van der Waals surface area contributed by atoms with Crippen molar-refractivity contribution in [3.05, 3.63) is 35.5 Å². The van der Waals surface area contributed by atoms with E-state index in [1.807, 2.05) is 0 Å². The van der Waals surface area contributed by atoms with Gasteiger partial charge >= 0.3 is 12.1 Å². The smallest absolute Gasteiger partial charge is 0.425 e. The van der Waals surface area contributed by atoms with Crippen LogP contribution in [0.4, 0.5) is 9.59 Å². The average molecular weight is 456 g/mol. The third-order valence-corrected chi connectivity index (χ3v) is 4.42. The Bertz CT molecular complexity index is 839. The van der Waals surface area contributed by atoms with Crippen molar-refractivity contribution in [1.82, 2.24) is 9.80 Å². The largest absolute Gasteiger partial charge is 0.497 e. The molecule has 0 N–H and O–H groups in total. The first-order valence-corrected chi connectivity index (χ1v) is 9.90. The van der Waals surface area contributed by atoms with E-state index in [0.29, 0.717) is 17.3 Å². The van der Waals surface area contributed by atoms with Crippen LogP contribution in [0.2, 0.25) is 0 Å². The SMILES string of the molecule is C=[N+](C)C(=CC(Cl)=NC)N(C)C(=O)N(C(=O)OC(C)(C)C)C1=CC(OC)=CC(OC)C1. The maximum Gasteiger partial charge on any atom is 0.425 e. The normalized spacial score (nSPS) is 17.4. The fourth-order valence-electron chi connectivity index (χ4n) is 2.66. The van der Waals surface area contributed by atoms with Crippen LogP contribution in [0.25, 0.3) is 0 Å². The fourth-order valence-corrected chi connectivity index (χ4v) is 2.76. The van der Waals surface area contributed by atoms with Crippen molar-refractivity contribution in [1.29, 1.82) is 0 Å². The molecule has 3 amide bonds. The van der Waals surface area contributed by atoms with Gasteiger partial charge in [0.1, 0.15) is 16.5 Å². The summed E-state index contributed by atoms with van der Waals surface area (Å²) in [6.07, 6.45) is 3.88. The Hall–Kier alpha value is -2.65. The molecule has 172 valence electrons.